The van der Waals surface area contributed by atoms with Crippen LogP contribution < -0.4 is 0 Å². The van der Waals surface area contributed by atoms with Crippen LogP contribution in [0.2, 0.25) is 0 Å². The van der Waals surface area contributed by atoms with E-state index in [2.05, 4.69) is 68.5 Å². The highest BCUT2D eigenvalue weighted by Crippen LogP contribution is 2.42. The molecule has 0 radical (unpaired) electrons. The molecular weight excluding hydrogens is 402 g/mol. The third kappa shape index (κ3) is 4.00. The van der Waals surface area contributed by atoms with Gasteiger partial charge in [-0.15, -0.1) is 31.7 Å². The van der Waals surface area contributed by atoms with Gasteiger partial charge in [-0.25, -0.2) is 0 Å². The van der Waals surface area contributed by atoms with Gasteiger partial charge in [0.15, 0.2) is 5.16 Å². The first kappa shape index (κ1) is 18.6. The summed E-state index contributed by atoms with van der Waals surface area (Å²) in [7, 11) is 0. The SMILES string of the molecule is Cc1cccc(-c2nnc([C@@H](C)Sc3nnc(Cc4cccs4)n3C3CC3)o2)c1. The molecule has 29 heavy (non-hydrogen) atoms. The number of thiophene rings is 1. The second kappa shape index (κ2) is 7.76. The number of nitrogens with zero attached hydrogens (tertiary/aromatic N) is 5. The first-order valence-corrected chi connectivity index (χ1v) is 11.5. The van der Waals surface area contributed by atoms with Gasteiger partial charge >= 0.3 is 0 Å². The molecule has 3 aromatic heterocycles. The molecule has 5 rings (SSSR count). The van der Waals surface area contributed by atoms with Gasteiger partial charge in [0.25, 0.3) is 0 Å². The van der Waals surface area contributed by atoms with E-state index >= 15 is 0 Å². The molecule has 0 amide bonds. The maximum absolute atomic E-state index is 5.97. The summed E-state index contributed by atoms with van der Waals surface area (Å²) in [6, 6.07) is 12.8. The van der Waals surface area contributed by atoms with Crippen molar-refractivity contribution >= 4 is 23.1 Å². The van der Waals surface area contributed by atoms with Crippen LogP contribution >= 0.6 is 23.1 Å². The van der Waals surface area contributed by atoms with Crippen molar-refractivity contribution in [3.05, 3.63) is 63.9 Å². The van der Waals surface area contributed by atoms with Gasteiger partial charge in [-0.2, -0.15) is 0 Å². The summed E-state index contributed by atoms with van der Waals surface area (Å²) >= 11 is 3.39. The maximum Gasteiger partial charge on any atom is 0.247 e. The lowest BCUT2D eigenvalue weighted by atomic mass is 10.1. The smallest absolute Gasteiger partial charge is 0.247 e. The highest BCUT2D eigenvalue weighted by molar-refractivity contribution is 7.99. The van der Waals surface area contributed by atoms with Gasteiger partial charge in [-0.1, -0.05) is 35.5 Å². The summed E-state index contributed by atoms with van der Waals surface area (Å²) in [5.74, 6) is 2.20. The fraction of sp³-hybridized carbons (Fsp3) is 0.333. The third-order valence-electron chi connectivity index (χ3n) is 4.90. The summed E-state index contributed by atoms with van der Waals surface area (Å²) < 4.78 is 8.27. The van der Waals surface area contributed by atoms with Crippen LogP contribution in [0.3, 0.4) is 0 Å². The first-order chi connectivity index (χ1) is 14.2. The van der Waals surface area contributed by atoms with Crippen molar-refractivity contribution in [2.45, 2.75) is 49.6 Å². The molecule has 1 saturated carbocycles. The topological polar surface area (TPSA) is 69.6 Å². The van der Waals surface area contributed by atoms with Crippen molar-refractivity contribution < 1.29 is 4.42 Å². The lowest BCUT2D eigenvalue weighted by Gasteiger charge is -2.10. The van der Waals surface area contributed by atoms with Crippen molar-refractivity contribution in [1.29, 1.82) is 0 Å². The Morgan fingerprint density at radius 2 is 2.07 bits per heavy atom. The second-order valence-electron chi connectivity index (χ2n) is 7.33. The highest BCUT2D eigenvalue weighted by Gasteiger charge is 2.31. The molecule has 0 N–H and O–H groups in total. The first-order valence-electron chi connectivity index (χ1n) is 9.70. The molecule has 1 aromatic carbocycles. The van der Waals surface area contributed by atoms with E-state index in [0.29, 0.717) is 17.8 Å². The zero-order valence-corrected chi connectivity index (χ0v) is 17.9. The summed E-state index contributed by atoms with van der Waals surface area (Å²) in [5, 5.41) is 20.5. The molecular formula is C21H21N5OS2. The molecule has 4 aromatic rings. The van der Waals surface area contributed by atoms with Gasteiger partial charge < -0.3 is 8.98 Å². The Hall–Kier alpha value is -2.45. The van der Waals surface area contributed by atoms with Crippen molar-refractivity contribution in [3.63, 3.8) is 0 Å². The van der Waals surface area contributed by atoms with Gasteiger partial charge in [0.1, 0.15) is 5.82 Å². The van der Waals surface area contributed by atoms with Crippen LogP contribution in [0.1, 0.15) is 53.2 Å². The zero-order valence-electron chi connectivity index (χ0n) is 16.3. The summed E-state index contributed by atoms with van der Waals surface area (Å²) in [4.78, 5) is 1.31. The van der Waals surface area contributed by atoms with Crippen LogP contribution in [0.4, 0.5) is 0 Å². The van der Waals surface area contributed by atoms with E-state index in [1.165, 1.54) is 23.3 Å². The van der Waals surface area contributed by atoms with Crippen LogP contribution in [0, 0.1) is 6.92 Å². The van der Waals surface area contributed by atoms with E-state index in [4.69, 9.17) is 4.42 Å². The van der Waals surface area contributed by atoms with Gasteiger partial charge in [0.2, 0.25) is 11.8 Å². The Bertz CT molecular complexity index is 1110. The average molecular weight is 424 g/mol. The number of rotatable bonds is 7. The van der Waals surface area contributed by atoms with E-state index in [9.17, 15) is 0 Å². The lowest BCUT2D eigenvalue weighted by Crippen LogP contribution is -2.04. The Morgan fingerprint density at radius 1 is 1.17 bits per heavy atom. The zero-order chi connectivity index (χ0) is 19.8. The van der Waals surface area contributed by atoms with Crippen LogP contribution in [0.25, 0.3) is 11.5 Å². The summed E-state index contributed by atoms with van der Waals surface area (Å²) in [5.41, 5.74) is 2.11. The van der Waals surface area contributed by atoms with E-state index in [-0.39, 0.29) is 5.25 Å². The number of aromatic nitrogens is 5. The predicted molar refractivity (Wildman–Crippen MR) is 114 cm³/mol. The quantitative estimate of drug-likeness (QED) is 0.367. The van der Waals surface area contributed by atoms with E-state index in [1.54, 1.807) is 23.1 Å². The molecule has 0 aliphatic heterocycles. The predicted octanol–water partition coefficient (Wildman–Crippen LogP) is 5.48. The molecule has 148 valence electrons. The summed E-state index contributed by atoms with van der Waals surface area (Å²) in [6.07, 6.45) is 3.21. The van der Waals surface area contributed by atoms with Crippen molar-refractivity contribution in [1.82, 2.24) is 25.0 Å². The molecule has 0 bridgehead atoms. The molecule has 3 heterocycles. The Kier molecular flexibility index (Phi) is 4.97. The minimum absolute atomic E-state index is 0.00246. The van der Waals surface area contributed by atoms with Crippen molar-refractivity contribution in [2.24, 2.45) is 0 Å². The largest absolute Gasteiger partial charge is 0.419 e. The fourth-order valence-corrected chi connectivity index (χ4v) is 4.95. The van der Waals surface area contributed by atoms with Crippen LogP contribution in [-0.2, 0) is 6.42 Å². The van der Waals surface area contributed by atoms with E-state index < -0.39 is 0 Å². The Morgan fingerprint density at radius 3 is 2.83 bits per heavy atom. The van der Waals surface area contributed by atoms with Crippen molar-refractivity contribution in [3.8, 4) is 11.5 Å². The molecule has 1 atom stereocenters. The van der Waals surface area contributed by atoms with Gasteiger partial charge in [0, 0.05) is 22.9 Å². The molecule has 1 aliphatic rings. The second-order valence-corrected chi connectivity index (χ2v) is 9.67. The minimum Gasteiger partial charge on any atom is -0.419 e. The molecule has 0 spiro atoms. The highest BCUT2D eigenvalue weighted by atomic mass is 32.2. The van der Waals surface area contributed by atoms with Gasteiger partial charge in [-0.05, 0) is 50.3 Å². The van der Waals surface area contributed by atoms with Crippen LogP contribution in [0.15, 0.2) is 51.4 Å². The number of hydrogen-bond donors (Lipinski definition) is 0. The Labute approximate surface area is 177 Å². The number of benzene rings is 1. The van der Waals surface area contributed by atoms with E-state index in [1.807, 2.05) is 12.1 Å². The lowest BCUT2D eigenvalue weighted by molar-refractivity contribution is 0.508. The standard InChI is InChI=1S/C21H21N5OS2/c1-13-5-3-6-15(11-13)20-24-23-19(27-20)14(2)29-21-25-22-18(26(21)16-8-9-16)12-17-7-4-10-28-17/h3-7,10-11,14,16H,8-9,12H2,1-2H3/t14-/m1/s1. The van der Waals surface area contributed by atoms with Crippen molar-refractivity contribution in [2.75, 3.05) is 0 Å². The van der Waals surface area contributed by atoms with Gasteiger partial charge in [-0.3, -0.25) is 0 Å². The fourth-order valence-electron chi connectivity index (χ4n) is 3.28. The number of aryl methyl sites for hydroxylation is 1. The molecule has 8 heteroatoms. The number of hydrogen-bond acceptors (Lipinski definition) is 7. The monoisotopic (exact) mass is 423 g/mol. The summed E-state index contributed by atoms with van der Waals surface area (Å²) in [6.45, 7) is 4.13. The average Bonchev–Trinajstić information content (AvgIpc) is 3.13. The van der Waals surface area contributed by atoms with Crippen LogP contribution in [-0.4, -0.2) is 25.0 Å². The molecule has 0 unspecified atom stereocenters. The number of thioether (sulfide) groups is 1. The van der Waals surface area contributed by atoms with Gasteiger partial charge in [0.05, 0.1) is 5.25 Å². The maximum atomic E-state index is 5.97. The van der Waals surface area contributed by atoms with E-state index in [0.717, 1.165) is 23.0 Å². The molecule has 0 saturated heterocycles. The molecule has 6 nitrogen and oxygen atoms in total. The normalized spacial score (nSPS) is 15.0. The van der Waals surface area contributed by atoms with Crippen LogP contribution in [0.5, 0.6) is 0 Å². The third-order valence-corrected chi connectivity index (χ3v) is 6.82. The minimum atomic E-state index is -0.00246. The molecule has 1 aliphatic carbocycles. The molecule has 1 fully saturated rings. The Balaban J connectivity index is 1.36.